The van der Waals surface area contributed by atoms with Crippen LogP contribution in [0.5, 0.6) is 0 Å². The van der Waals surface area contributed by atoms with Crippen molar-refractivity contribution in [3.8, 4) is 0 Å². The average Bonchev–Trinajstić information content (AvgIpc) is 3.11. The summed E-state index contributed by atoms with van der Waals surface area (Å²) in [5, 5.41) is 10.1. The molecule has 0 saturated carbocycles. The number of piperidine rings is 1. The van der Waals surface area contributed by atoms with Gasteiger partial charge in [-0.3, -0.25) is 9.59 Å². The van der Waals surface area contributed by atoms with E-state index in [2.05, 4.69) is 0 Å². The molecule has 1 aliphatic rings. The van der Waals surface area contributed by atoms with Crippen molar-refractivity contribution in [2.24, 2.45) is 5.92 Å². The van der Waals surface area contributed by atoms with Gasteiger partial charge in [0.15, 0.2) is 0 Å². The van der Waals surface area contributed by atoms with E-state index in [4.69, 9.17) is 28.3 Å². The Bertz CT molecular complexity index is 1380. The van der Waals surface area contributed by atoms with E-state index >= 15 is 0 Å². The highest BCUT2D eigenvalue weighted by Crippen LogP contribution is 2.37. The maximum atomic E-state index is 13.4. The van der Waals surface area contributed by atoms with E-state index in [0.29, 0.717) is 52.0 Å². The van der Waals surface area contributed by atoms with Crippen LogP contribution in [0.25, 0.3) is 10.9 Å². The van der Waals surface area contributed by atoms with Gasteiger partial charge in [0.25, 0.3) is 5.91 Å². The zero-order valence-corrected chi connectivity index (χ0v) is 22.1. The fourth-order valence-corrected chi connectivity index (χ4v) is 5.93. The highest BCUT2D eigenvalue weighted by molar-refractivity contribution is 6.38. The predicted molar refractivity (Wildman–Crippen MR) is 137 cm³/mol. The molecule has 198 valence electrons. The second-order valence-electron chi connectivity index (χ2n) is 9.85. The summed E-state index contributed by atoms with van der Waals surface area (Å²) >= 11 is 13.2. The van der Waals surface area contributed by atoms with Crippen molar-refractivity contribution < 1.29 is 27.9 Å². The Labute approximate surface area is 222 Å². The normalized spacial score (nSPS) is 18.4. The molecule has 2 aromatic carbocycles. The molecule has 0 bridgehead atoms. The van der Waals surface area contributed by atoms with Gasteiger partial charge in [0.05, 0.1) is 28.2 Å². The van der Waals surface area contributed by atoms with Crippen molar-refractivity contribution >= 4 is 46.0 Å². The number of carbonyl (C=O) groups excluding carboxylic acids is 1. The molecule has 5 nitrogen and oxygen atoms in total. The first-order valence-corrected chi connectivity index (χ1v) is 12.7. The molecule has 2 atom stereocenters. The highest BCUT2D eigenvalue weighted by Gasteiger charge is 2.33. The molecule has 2 unspecified atom stereocenters. The van der Waals surface area contributed by atoms with Gasteiger partial charge in [-0.05, 0) is 74.9 Å². The maximum Gasteiger partial charge on any atom is 0.416 e. The number of aryl methyl sites for hydroxylation is 2. The molecule has 0 spiro atoms. The fourth-order valence-electron chi connectivity index (χ4n) is 5.35. The molecule has 4 rings (SSSR count). The van der Waals surface area contributed by atoms with Crippen molar-refractivity contribution in [2.45, 2.75) is 58.8 Å². The monoisotopic (exact) mass is 554 g/mol. The molecule has 1 aromatic heterocycles. The maximum absolute atomic E-state index is 13.4. The van der Waals surface area contributed by atoms with Crippen LogP contribution in [0, 0.1) is 19.8 Å². The molecule has 1 fully saturated rings. The number of fused-ring (bicyclic) bond motifs is 1. The van der Waals surface area contributed by atoms with Crippen LogP contribution in [0.3, 0.4) is 0 Å². The number of nitrogens with zero attached hydrogens (tertiary/aromatic N) is 2. The molecule has 1 aliphatic heterocycles. The summed E-state index contributed by atoms with van der Waals surface area (Å²) in [6.07, 6.45) is -1.44. The summed E-state index contributed by atoms with van der Waals surface area (Å²) in [5.74, 6) is -1.09. The molecule has 1 amide bonds. The van der Waals surface area contributed by atoms with Crippen LogP contribution in [0.2, 0.25) is 10.0 Å². The number of likely N-dealkylation sites (tertiary alicyclic amines) is 1. The molecular formula is C27H27Cl2F3N2O3. The Kier molecular flexibility index (Phi) is 7.55. The predicted octanol–water partition coefficient (Wildman–Crippen LogP) is 7.35. The number of aliphatic carboxylic acids is 1. The summed E-state index contributed by atoms with van der Waals surface area (Å²) in [7, 11) is 0. The van der Waals surface area contributed by atoms with Crippen LogP contribution in [0.4, 0.5) is 13.2 Å². The van der Waals surface area contributed by atoms with Crippen molar-refractivity contribution in [2.75, 3.05) is 6.54 Å². The quantitative estimate of drug-likeness (QED) is 0.358. The Morgan fingerprint density at radius 3 is 2.46 bits per heavy atom. The second-order valence-corrected chi connectivity index (χ2v) is 10.6. The second kappa shape index (κ2) is 10.2. The number of hydrogen-bond donors (Lipinski definition) is 1. The minimum atomic E-state index is -4.45. The molecule has 0 aliphatic carbocycles. The fraction of sp³-hybridized carbons (Fsp3) is 0.407. The molecule has 2 heterocycles. The van der Waals surface area contributed by atoms with Crippen molar-refractivity contribution in [1.29, 1.82) is 0 Å². The van der Waals surface area contributed by atoms with E-state index < -0.39 is 17.7 Å². The number of carboxylic acids is 1. The van der Waals surface area contributed by atoms with Gasteiger partial charge in [-0.25, -0.2) is 0 Å². The third kappa shape index (κ3) is 5.46. The number of alkyl halides is 3. The molecule has 3 aromatic rings. The number of aromatic nitrogens is 1. The number of rotatable bonds is 5. The molecule has 37 heavy (non-hydrogen) atoms. The van der Waals surface area contributed by atoms with Gasteiger partial charge in [-0.1, -0.05) is 23.2 Å². The van der Waals surface area contributed by atoms with Crippen molar-refractivity contribution in [1.82, 2.24) is 9.47 Å². The Balaban J connectivity index is 1.66. The molecule has 10 heteroatoms. The molecule has 1 N–H and O–H groups in total. The van der Waals surface area contributed by atoms with Gasteiger partial charge in [0, 0.05) is 41.2 Å². The van der Waals surface area contributed by atoms with E-state index in [1.54, 1.807) is 37.1 Å². The first-order chi connectivity index (χ1) is 17.3. The Morgan fingerprint density at radius 2 is 1.84 bits per heavy atom. The standard InChI is InChI=1S/C27H27Cl2F3N2O3/c1-14-8-18(27(30,31)32)11-20-15(2)12-33(25(14)20)13-21-22(28)5-4-19(24(21)29)26(37)34-7-6-17(9-16(34)3)10-23(35)36/h4-5,8,11-12,16-17H,6-7,9-10,13H2,1-3H3,(H,35,36). The number of halogens is 5. The van der Waals surface area contributed by atoms with Crippen LogP contribution >= 0.6 is 23.2 Å². The van der Waals surface area contributed by atoms with Gasteiger partial charge >= 0.3 is 12.1 Å². The highest BCUT2D eigenvalue weighted by atomic mass is 35.5. The minimum Gasteiger partial charge on any atom is -0.481 e. The van der Waals surface area contributed by atoms with E-state index in [0.717, 1.165) is 12.1 Å². The first kappa shape index (κ1) is 27.3. The summed E-state index contributed by atoms with van der Waals surface area (Å²) in [6.45, 7) is 5.87. The third-order valence-corrected chi connectivity index (χ3v) is 7.93. The van der Waals surface area contributed by atoms with E-state index in [9.17, 15) is 22.8 Å². The number of carboxylic acid groups (broad SMARTS) is 1. The van der Waals surface area contributed by atoms with Crippen molar-refractivity contribution in [3.63, 3.8) is 0 Å². The minimum absolute atomic E-state index is 0.0131. The Hall–Kier alpha value is -2.71. The summed E-state index contributed by atoms with van der Waals surface area (Å²) in [6, 6.07) is 5.29. The topological polar surface area (TPSA) is 62.5 Å². The first-order valence-electron chi connectivity index (χ1n) is 11.9. The Morgan fingerprint density at radius 1 is 1.14 bits per heavy atom. The summed E-state index contributed by atoms with van der Waals surface area (Å²) in [5.41, 5.74) is 1.87. The SMILES string of the molecule is Cc1cn(Cc2c(Cl)ccc(C(=O)N3CCC(CC(=O)O)CC3C)c2Cl)c2c(C)cc(C(F)(F)F)cc12. The average molecular weight is 555 g/mol. The van der Waals surface area contributed by atoms with Gasteiger partial charge in [-0.2, -0.15) is 13.2 Å². The van der Waals surface area contributed by atoms with E-state index in [-0.39, 0.29) is 41.4 Å². The van der Waals surface area contributed by atoms with E-state index in [1.807, 2.05) is 11.5 Å². The summed E-state index contributed by atoms with van der Waals surface area (Å²) < 4.78 is 41.9. The number of hydrogen-bond acceptors (Lipinski definition) is 2. The number of carbonyl (C=O) groups is 2. The van der Waals surface area contributed by atoms with Crippen LogP contribution in [-0.4, -0.2) is 39.0 Å². The third-order valence-electron chi connectivity index (χ3n) is 7.14. The van der Waals surface area contributed by atoms with E-state index in [1.165, 1.54) is 0 Å². The lowest BCUT2D eigenvalue weighted by molar-refractivity contribution is -0.139. The zero-order valence-electron chi connectivity index (χ0n) is 20.6. The van der Waals surface area contributed by atoms with Crippen molar-refractivity contribution in [3.05, 3.63) is 68.3 Å². The zero-order chi connectivity index (χ0) is 27.2. The van der Waals surface area contributed by atoms with Gasteiger partial charge in [-0.15, -0.1) is 0 Å². The number of amides is 1. The van der Waals surface area contributed by atoms with Gasteiger partial charge in [0.1, 0.15) is 0 Å². The van der Waals surface area contributed by atoms with Crippen LogP contribution in [0.1, 0.15) is 58.8 Å². The lowest BCUT2D eigenvalue weighted by Crippen LogP contribution is -2.45. The van der Waals surface area contributed by atoms with Crippen LogP contribution in [-0.2, 0) is 17.5 Å². The summed E-state index contributed by atoms with van der Waals surface area (Å²) in [4.78, 5) is 26.2. The lowest BCUT2D eigenvalue weighted by atomic mass is 9.88. The molecule has 1 saturated heterocycles. The van der Waals surface area contributed by atoms with Crippen LogP contribution in [0.15, 0.2) is 30.5 Å². The molecular weight excluding hydrogens is 528 g/mol. The number of benzene rings is 2. The van der Waals surface area contributed by atoms with Gasteiger partial charge < -0.3 is 14.6 Å². The molecule has 0 radical (unpaired) electrons. The smallest absolute Gasteiger partial charge is 0.416 e. The largest absolute Gasteiger partial charge is 0.481 e. The van der Waals surface area contributed by atoms with Crippen LogP contribution < -0.4 is 0 Å². The van der Waals surface area contributed by atoms with Gasteiger partial charge in [0.2, 0.25) is 0 Å². The lowest BCUT2D eigenvalue weighted by Gasteiger charge is -2.37.